The van der Waals surface area contributed by atoms with E-state index in [1.54, 1.807) is 20.2 Å². The number of benzene rings is 2. The quantitative estimate of drug-likeness (QED) is 0.290. The fourth-order valence-corrected chi connectivity index (χ4v) is 4.56. The third kappa shape index (κ3) is 9.88. The molecule has 1 unspecified atom stereocenters. The molecule has 42 heavy (non-hydrogen) atoms. The highest BCUT2D eigenvalue weighted by Crippen LogP contribution is 2.32. The van der Waals surface area contributed by atoms with E-state index in [2.05, 4.69) is 92.0 Å². The van der Waals surface area contributed by atoms with E-state index in [0.29, 0.717) is 5.76 Å². The number of aromatic nitrogens is 1. The van der Waals surface area contributed by atoms with Gasteiger partial charge in [0.05, 0.1) is 0 Å². The molecule has 4 rings (SSSR count). The predicted molar refractivity (Wildman–Crippen MR) is 181 cm³/mol. The Morgan fingerprint density at radius 1 is 1.07 bits per heavy atom. The van der Waals surface area contributed by atoms with E-state index in [-0.39, 0.29) is 5.91 Å². The zero-order valence-electron chi connectivity index (χ0n) is 27.9. The van der Waals surface area contributed by atoms with Crippen molar-refractivity contribution in [3.63, 3.8) is 0 Å². The molecule has 0 saturated heterocycles. The molecule has 2 N–H and O–H groups in total. The number of carbonyl (C=O) groups is 1. The summed E-state index contributed by atoms with van der Waals surface area (Å²) in [6, 6.07) is 16.2. The highest BCUT2D eigenvalue weighted by molar-refractivity contribution is 5.83. The van der Waals surface area contributed by atoms with Crippen molar-refractivity contribution >= 4 is 17.2 Å². The van der Waals surface area contributed by atoms with Gasteiger partial charge in [0.25, 0.3) is 0 Å². The topological polar surface area (TPSA) is 70.4 Å². The molecule has 1 aliphatic heterocycles. The van der Waals surface area contributed by atoms with Crippen LogP contribution in [-0.4, -0.2) is 37.1 Å². The molecule has 1 atom stereocenters. The van der Waals surface area contributed by atoms with Gasteiger partial charge in [0.15, 0.2) is 5.76 Å². The zero-order chi connectivity index (χ0) is 32.2. The van der Waals surface area contributed by atoms with E-state index in [0.717, 1.165) is 35.4 Å². The normalized spacial score (nSPS) is 13.1. The molecular weight excluding hydrogens is 520 g/mol. The molecule has 3 aromatic rings. The molecule has 2 aromatic carbocycles. The number of amides is 1. The van der Waals surface area contributed by atoms with E-state index in [1.807, 2.05) is 58.9 Å². The van der Waals surface area contributed by atoms with Crippen molar-refractivity contribution in [2.75, 3.05) is 21.1 Å². The number of rotatable bonds is 6. The lowest BCUT2D eigenvalue weighted by Crippen LogP contribution is -2.33. The zero-order valence-corrected chi connectivity index (χ0v) is 27.9. The first-order valence-corrected chi connectivity index (χ1v) is 15.0. The lowest BCUT2D eigenvalue weighted by molar-refractivity contribution is -0.123. The maximum atomic E-state index is 11.8. The lowest BCUT2D eigenvalue weighted by Gasteiger charge is -2.12. The number of likely N-dealkylation sites (N-methyl/N-ethyl adjacent to an activating group) is 2. The number of fused-ring (bicyclic) bond motifs is 1. The molecule has 1 aliphatic rings. The second-order valence-corrected chi connectivity index (χ2v) is 8.84. The predicted octanol–water partition coefficient (Wildman–Crippen LogP) is 8.35. The van der Waals surface area contributed by atoms with Crippen LogP contribution >= 0.6 is 0 Å². The molecule has 1 amide bonds. The Labute approximate surface area is 255 Å². The fraction of sp³-hybridized carbons (Fsp3) is 0.389. The van der Waals surface area contributed by atoms with Gasteiger partial charge in [-0.1, -0.05) is 88.3 Å². The van der Waals surface area contributed by atoms with E-state index in [9.17, 15) is 4.79 Å². The molecular formula is C36H54N4O2. The molecule has 230 valence electrons. The molecule has 0 saturated carbocycles. The SMILES string of the molecule is C/C=C(/c1cc(C(NC)C(=O)NC)on1)c1ccccc1C.C=C.CC.CC.CC=C1c2cc(CC)ccc2CN1C. The van der Waals surface area contributed by atoms with Gasteiger partial charge in [-0.25, -0.2) is 0 Å². The van der Waals surface area contributed by atoms with Crippen molar-refractivity contribution in [1.29, 1.82) is 0 Å². The van der Waals surface area contributed by atoms with Crippen molar-refractivity contribution in [1.82, 2.24) is 20.7 Å². The van der Waals surface area contributed by atoms with Gasteiger partial charge in [-0.15, -0.1) is 13.2 Å². The van der Waals surface area contributed by atoms with Crippen LogP contribution in [0.15, 0.2) is 78.4 Å². The Bertz CT molecular complexity index is 1270. The summed E-state index contributed by atoms with van der Waals surface area (Å²) < 4.78 is 5.37. The number of hydrogen-bond donors (Lipinski definition) is 2. The van der Waals surface area contributed by atoms with Crippen LogP contribution in [0.1, 0.15) is 93.8 Å². The second-order valence-electron chi connectivity index (χ2n) is 8.84. The lowest BCUT2D eigenvalue weighted by atomic mass is 9.97. The Balaban J connectivity index is 0.000000722. The summed E-state index contributed by atoms with van der Waals surface area (Å²) in [4.78, 5) is 14.1. The standard InChI is InChI=1S/C17H21N3O2.C13H17N.2C2H6.C2H4/c1-5-12(13-9-7-6-8-11(13)2)14-10-15(22-20-14)16(18-3)17(21)19-4;1-4-10-6-7-11-9-14(3)13(5-2)12(11)8-10;3*1-2/h5-10,16,18H,1-4H3,(H,19,21);5-8H,4,9H2,1-3H3;2*1-2H3;1-2H2/b12-5+;;;;. The van der Waals surface area contributed by atoms with E-state index in [1.165, 1.54) is 22.4 Å². The first kappa shape index (κ1) is 38.1. The van der Waals surface area contributed by atoms with Crippen LogP contribution in [0.5, 0.6) is 0 Å². The molecule has 0 radical (unpaired) electrons. The van der Waals surface area contributed by atoms with Gasteiger partial charge in [-0.2, -0.15) is 0 Å². The maximum Gasteiger partial charge on any atom is 0.244 e. The van der Waals surface area contributed by atoms with Gasteiger partial charge < -0.3 is 20.1 Å². The van der Waals surface area contributed by atoms with Crippen LogP contribution in [-0.2, 0) is 17.8 Å². The molecule has 0 fully saturated rings. The molecule has 0 aliphatic carbocycles. The Kier molecular flexibility index (Phi) is 19.0. The summed E-state index contributed by atoms with van der Waals surface area (Å²) in [7, 11) is 5.45. The maximum absolute atomic E-state index is 11.8. The summed E-state index contributed by atoms with van der Waals surface area (Å²) in [5.41, 5.74) is 9.65. The Morgan fingerprint density at radius 3 is 2.24 bits per heavy atom. The monoisotopic (exact) mass is 574 g/mol. The molecule has 2 heterocycles. The van der Waals surface area contributed by atoms with Gasteiger partial charge >= 0.3 is 0 Å². The van der Waals surface area contributed by atoms with Gasteiger partial charge in [0.1, 0.15) is 11.7 Å². The fourth-order valence-electron chi connectivity index (χ4n) is 4.56. The average Bonchev–Trinajstić information content (AvgIpc) is 3.65. The minimum Gasteiger partial charge on any atom is -0.370 e. The van der Waals surface area contributed by atoms with Gasteiger partial charge in [0.2, 0.25) is 5.91 Å². The first-order chi connectivity index (χ1) is 20.4. The van der Waals surface area contributed by atoms with Crippen LogP contribution in [0.4, 0.5) is 0 Å². The Morgan fingerprint density at radius 2 is 1.71 bits per heavy atom. The highest BCUT2D eigenvalue weighted by Gasteiger charge is 2.23. The van der Waals surface area contributed by atoms with Crippen LogP contribution in [0.25, 0.3) is 11.3 Å². The summed E-state index contributed by atoms with van der Waals surface area (Å²) in [5.74, 6) is 0.327. The van der Waals surface area contributed by atoms with Crippen LogP contribution in [0, 0.1) is 6.92 Å². The van der Waals surface area contributed by atoms with Crippen molar-refractivity contribution in [3.8, 4) is 0 Å². The summed E-state index contributed by atoms with van der Waals surface area (Å²) in [6.45, 7) is 23.4. The molecule has 1 aromatic heterocycles. The van der Waals surface area contributed by atoms with E-state index in [4.69, 9.17) is 4.52 Å². The van der Waals surface area contributed by atoms with Crippen molar-refractivity contribution in [2.45, 2.75) is 74.4 Å². The molecule has 0 bridgehead atoms. The third-order valence-corrected chi connectivity index (χ3v) is 6.56. The van der Waals surface area contributed by atoms with E-state index >= 15 is 0 Å². The molecule has 6 nitrogen and oxygen atoms in total. The van der Waals surface area contributed by atoms with Crippen molar-refractivity contribution < 1.29 is 9.32 Å². The molecule has 0 spiro atoms. The largest absolute Gasteiger partial charge is 0.370 e. The van der Waals surface area contributed by atoms with Crippen LogP contribution in [0.3, 0.4) is 0 Å². The smallest absolute Gasteiger partial charge is 0.244 e. The van der Waals surface area contributed by atoms with Crippen LogP contribution in [0.2, 0.25) is 0 Å². The molecule has 6 heteroatoms. The minimum atomic E-state index is -0.554. The Hall–Kier alpha value is -3.90. The summed E-state index contributed by atoms with van der Waals surface area (Å²) >= 11 is 0. The summed E-state index contributed by atoms with van der Waals surface area (Å²) in [5, 5.41) is 9.66. The van der Waals surface area contributed by atoms with Gasteiger partial charge in [-0.05, 0) is 62.6 Å². The van der Waals surface area contributed by atoms with Gasteiger partial charge in [0, 0.05) is 43.5 Å². The summed E-state index contributed by atoms with van der Waals surface area (Å²) in [6.07, 6.45) is 5.32. The second kappa shape index (κ2) is 20.9. The number of carbonyl (C=O) groups excluding carboxylic acids is 1. The van der Waals surface area contributed by atoms with E-state index < -0.39 is 6.04 Å². The number of hydrogen-bond acceptors (Lipinski definition) is 5. The van der Waals surface area contributed by atoms with Gasteiger partial charge in [-0.3, -0.25) is 4.79 Å². The van der Waals surface area contributed by atoms with Crippen molar-refractivity contribution in [2.24, 2.45) is 0 Å². The third-order valence-electron chi connectivity index (χ3n) is 6.56. The number of aryl methyl sites for hydroxylation is 2. The number of allylic oxidation sites excluding steroid dienone is 2. The highest BCUT2D eigenvalue weighted by atomic mass is 16.5. The first-order valence-electron chi connectivity index (χ1n) is 15.0. The van der Waals surface area contributed by atoms with Crippen LogP contribution < -0.4 is 10.6 Å². The van der Waals surface area contributed by atoms with Crippen molar-refractivity contribution in [3.05, 3.63) is 113 Å². The number of nitrogens with zero attached hydrogens (tertiary/aromatic N) is 2. The number of nitrogens with one attached hydrogen (secondary N) is 2. The minimum absolute atomic E-state index is 0.164. The average molecular weight is 575 g/mol.